The molecule has 1 amide bonds. The third-order valence-corrected chi connectivity index (χ3v) is 3.90. The number of rotatable bonds is 3. The minimum absolute atomic E-state index is 0.0292. The number of aryl methyl sites for hydroxylation is 2. The van der Waals surface area contributed by atoms with Crippen LogP contribution >= 0.6 is 0 Å². The van der Waals surface area contributed by atoms with Gasteiger partial charge in [0.15, 0.2) is 5.84 Å². The fourth-order valence-corrected chi connectivity index (χ4v) is 2.61. The summed E-state index contributed by atoms with van der Waals surface area (Å²) in [5.74, 6) is 0.218. The highest BCUT2D eigenvalue weighted by atomic mass is 16.4. The number of nitrogens with zero attached hydrogens (tertiary/aromatic N) is 5. The second-order valence-electron chi connectivity index (χ2n) is 5.33. The van der Waals surface area contributed by atoms with Crippen molar-refractivity contribution < 1.29 is 10.0 Å². The van der Waals surface area contributed by atoms with Gasteiger partial charge in [-0.15, -0.1) is 0 Å². The molecular formula is C13H22N6O2. The van der Waals surface area contributed by atoms with Gasteiger partial charge in [0, 0.05) is 38.9 Å². The van der Waals surface area contributed by atoms with Gasteiger partial charge in [-0.1, -0.05) is 5.16 Å². The molecule has 0 unspecified atom stereocenters. The zero-order valence-electron chi connectivity index (χ0n) is 12.7. The van der Waals surface area contributed by atoms with Crippen molar-refractivity contribution in [1.82, 2.24) is 19.6 Å². The summed E-state index contributed by atoms with van der Waals surface area (Å²) >= 11 is 0. The number of amidine groups is 1. The molecule has 21 heavy (non-hydrogen) atoms. The van der Waals surface area contributed by atoms with Crippen molar-refractivity contribution in [3.63, 3.8) is 0 Å². The third-order valence-electron chi connectivity index (χ3n) is 3.90. The Morgan fingerprint density at radius 1 is 1.33 bits per heavy atom. The first kappa shape index (κ1) is 15.3. The number of nitrogens with two attached hydrogens (primary N) is 1. The highest BCUT2D eigenvalue weighted by Gasteiger charge is 2.26. The molecule has 1 aliphatic rings. The van der Waals surface area contributed by atoms with Gasteiger partial charge in [-0.3, -0.25) is 14.4 Å². The highest BCUT2D eigenvalue weighted by Crippen LogP contribution is 2.16. The van der Waals surface area contributed by atoms with Crippen molar-refractivity contribution in [2.45, 2.75) is 13.8 Å². The standard InChI is InChI=1S/C13H22N6O2/c1-9-12(10(2)17(3)15-9)13(20)19-6-4-18(5-7-19)8-11(14)16-21/h21H,4-8H2,1-3H3,(H2,14,16). The molecule has 0 atom stereocenters. The molecule has 8 heteroatoms. The van der Waals surface area contributed by atoms with Crippen molar-refractivity contribution in [3.05, 3.63) is 17.0 Å². The van der Waals surface area contributed by atoms with Crippen LogP contribution in [-0.4, -0.2) is 69.3 Å². The molecule has 1 aromatic rings. The molecule has 116 valence electrons. The molecule has 0 aromatic carbocycles. The lowest BCUT2D eigenvalue weighted by molar-refractivity contribution is 0.0651. The number of amides is 1. The largest absolute Gasteiger partial charge is 0.409 e. The minimum Gasteiger partial charge on any atom is -0.409 e. The molecule has 0 saturated carbocycles. The zero-order valence-corrected chi connectivity index (χ0v) is 12.7. The number of carbonyl (C=O) groups excluding carboxylic acids is 1. The summed E-state index contributed by atoms with van der Waals surface area (Å²) < 4.78 is 1.73. The van der Waals surface area contributed by atoms with Gasteiger partial charge in [0.05, 0.1) is 17.8 Å². The molecule has 3 N–H and O–H groups in total. The normalized spacial score (nSPS) is 17.3. The van der Waals surface area contributed by atoms with Crippen LogP contribution in [0.25, 0.3) is 0 Å². The van der Waals surface area contributed by atoms with Gasteiger partial charge < -0.3 is 15.8 Å². The average molecular weight is 294 g/mol. The van der Waals surface area contributed by atoms with Crippen molar-refractivity contribution >= 4 is 11.7 Å². The summed E-state index contributed by atoms with van der Waals surface area (Å²) in [6.07, 6.45) is 0. The molecule has 1 aliphatic heterocycles. The van der Waals surface area contributed by atoms with Crippen LogP contribution in [0.4, 0.5) is 0 Å². The van der Waals surface area contributed by atoms with Crippen molar-refractivity contribution in [3.8, 4) is 0 Å². The Balaban J connectivity index is 2.00. The fourth-order valence-electron chi connectivity index (χ4n) is 2.61. The Labute approximate surface area is 123 Å². The lowest BCUT2D eigenvalue weighted by atomic mass is 10.1. The Morgan fingerprint density at radius 3 is 2.43 bits per heavy atom. The predicted octanol–water partition coefficient (Wildman–Crippen LogP) is -0.459. The lowest BCUT2D eigenvalue weighted by Gasteiger charge is -2.34. The number of hydrogen-bond acceptors (Lipinski definition) is 5. The summed E-state index contributed by atoms with van der Waals surface area (Å²) in [6, 6.07) is 0. The molecule has 1 aromatic heterocycles. The van der Waals surface area contributed by atoms with Crippen molar-refractivity contribution in [2.75, 3.05) is 32.7 Å². The van der Waals surface area contributed by atoms with E-state index < -0.39 is 0 Å². The predicted molar refractivity (Wildman–Crippen MR) is 78.4 cm³/mol. The summed E-state index contributed by atoms with van der Waals surface area (Å²) in [6.45, 7) is 6.86. The van der Waals surface area contributed by atoms with E-state index in [4.69, 9.17) is 10.9 Å². The second-order valence-corrected chi connectivity index (χ2v) is 5.33. The van der Waals surface area contributed by atoms with E-state index in [1.165, 1.54) is 0 Å². The molecule has 8 nitrogen and oxygen atoms in total. The maximum Gasteiger partial charge on any atom is 0.257 e. The SMILES string of the molecule is Cc1nn(C)c(C)c1C(=O)N1CCN(CC(N)=NO)CC1. The second kappa shape index (κ2) is 6.13. The monoisotopic (exact) mass is 294 g/mol. The van der Waals surface area contributed by atoms with E-state index in [1.54, 1.807) is 4.68 Å². The highest BCUT2D eigenvalue weighted by molar-refractivity contribution is 5.96. The summed E-state index contributed by atoms with van der Waals surface area (Å²) in [4.78, 5) is 16.5. The first-order valence-electron chi connectivity index (χ1n) is 6.92. The lowest BCUT2D eigenvalue weighted by Crippen LogP contribution is -2.50. The van der Waals surface area contributed by atoms with Crippen LogP contribution in [0.15, 0.2) is 5.16 Å². The van der Waals surface area contributed by atoms with E-state index in [-0.39, 0.29) is 11.7 Å². The van der Waals surface area contributed by atoms with E-state index in [0.717, 1.165) is 11.4 Å². The third kappa shape index (κ3) is 3.15. The summed E-state index contributed by atoms with van der Waals surface area (Å²) in [5, 5.41) is 15.8. The van der Waals surface area contributed by atoms with Gasteiger partial charge in [0.25, 0.3) is 5.91 Å². The van der Waals surface area contributed by atoms with Gasteiger partial charge in [-0.05, 0) is 13.8 Å². The van der Waals surface area contributed by atoms with Gasteiger partial charge in [-0.25, -0.2) is 0 Å². The number of hydrogen-bond donors (Lipinski definition) is 2. The van der Waals surface area contributed by atoms with E-state index in [1.807, 2.05) is 25.8 Å². The van der Waals surface area contributed by atoms with Crippen molar-refractivity contribution in [2.24, 2.45) is 17.9 Å². The van der Waals surface area contributed by atoms with E-state index in [0.29, 0.717) is 38.3 Å². The summed E-state index contributed by atoms with van der Waals surface area (Å²) in [5.41, 5.74) is 7.84. The molecule has 1 fully saturated rings. The molecule has 0 spiro atoms. The zero-order chi connectivity index (χ0) is 15.6. The number of aromatic nitrogens is 2. The summed E-state index contributed by atoms with van der Waals surface area (Å²) in [7, 11) is 1.84. The van der Waals surface area contributed by atoms with Crippen LogP contribution in [0.5, 0.6) is 0 Å². The molecule has 2 heterocycles. The first-order valence-corrected chi connectivity index (χ1v) is 6.92. The Morgan fingerprint density at radius 2 is 1.95 bits per heavy atom. The molecule has 1 saturated heterocycles. The van der Waals surface area contributed by atoms with E-state index in [9.17, 15) is 4.79 Å². The fraction of sp³-hybridized carbons (Fsp3) is 0.615. The van der Waals surface area contributed by atoms with Crippen LogP contribution in [0.1, 0.15) is 21.7 Å². The molecular weight excluding hydrogens is 272 g/mol. The minimum atomic E-state index is 0.0292. The molecule has 0 aliphatic carbocycles. The molecule has 0 bridgehead atoms. The quantitative estimate of drug-likeness (QED) is 0.340. The topological polar surface area (TPSA) is 100.0 Å². The van der Waals surface area contributed by atoms with Gasteiger partial charge in [0.1, 0.15) is 0 Å². The van der Waals surface area contributed by atoms with Crippen LogP contribution in [0.2, 0.25) is 0 Å². The Bertz CT molecular complexity index is 557. The van der Waals surface area contributed by atoms with Crippen molar-refractivity contribution in [1.29, 1.82) is 0 Å². The van der Waals surface area contributed by atoms with Crippen LogP contribution < -0.4 is 5.73 Å². The smallest absolute Gasteiger partial charge is 0.257 e. The maximum absolute atomic E-state index is 12.6. The Hall–Kier alpha value is -2.09. The molecule has 0 radical (unpaired) electrons. The van der Waals surface area contributed by atoms with E-state index >= 15 is 0 Å². The average Bonchev–Trinajstić information content (AvgIpc) is 2.72. The maximum atomic E-state index is 12.6. The van der Waals surface area contributed by atoms with Crippen LogP contribution in [0, 0.1) is 13.8 Å². The van der Waals surface area contributed by atoms with Gasteiger partial charge in [-0.2, -0.15) is 5.10 Å². The van der Waals surface area contributed by atoms with Gasteiger partial charge in [0.2, 0.25) is 0 Å². The number of oxime groups is 1. The Kier molecular flexibility index (Phi) is 4.46. The molecule has 2 rings (SSSR count). The number of piperazine rings is 1. The van der Waals surface area contributed by atoms with Crippen LogP contribution in [0.3, 0.4) is 0 Å². The van der Waals surface area contributed by atoms with Gasteiger partial charge >= 0.3 is 0 Å². The van der Waals surface area contributed by atoms with E-state index in [2.05, 4.69) is 15.2 Å². The van der Waals surface area contributed by atoms with Crippen LogP contribution in [-0.2, 0) is 7.05 Å². The number of carbonyl (C=O) groups is 1. The first-order chi connectivity index (χ1) is 9.93.